The second-order valence-corrected chi connectivity index (χ2v) is 10.7. The van der Waals surface area contributed by atoms with Gasteiger partial charge in [0.1, 0.15) is 35.9 Å². The van der Waals surface area contributed by atoms with E-state index >= 15 is 0 Å². The molecular weight excluding hydrogens is 438 g/mol. The number of benzene rings is 1. The number of aryl methyl sites for hydroxylation is 1. The van der Waals surface area contributed by atoms with E-state index in [0.717, 1.165) is 38.5 Å². The first kappa shape index (κ1) is 23.7. The first-order chi connectivity index (χ1) is 16.2. The number of nitrogens with one attached hydrogen (secondary N) is 1. The first-order valence-corrected chi connectivity index (χ1v) is 12.4. The number of aliphatic hydroxyl groups excluding tert-OH is 3. The maximum absolute atomic E-state index is 12.6. The summed E-state index contributed by atoms with van der Waals surface area (Å²) in [6.07, 6.45) is 0.902. The predicted molar refractivity (Wildman–Crippen MR) is 122 cm³/mol. The van der Waals surface area contributed by atoms with Gasteiger partial charge in [0.25, 0.3) is 0 Å². The summed E-state index contributed by atoms with van der Waals surface area (Å²) in [7, 11) is 0. The molecule has 4 N–H and O–H groups in total. The summed E-state index contributed by atoms with van der Waals surface area (Å²) < 4.78 is 11.8. The van der Waals surface area contributed by atoms with Crippen LogP contribution in [0.25, 0.3) is 0 Å². The normalized spacial score (nSPS) is 41.3. The molecule has 5 rings (SSSR count). The van der Waals surface area contributed by atoms with E-state index in [1.165, 1.54) is 18.1 Å². The molecule has 0 aromatic heterocycles. The standard InChI is InChI=1S/C26H35NO7/c1-13(29)27-22-24(32)23(31)20(12-28)34-25(22)33-15-4-6-16-14(11-15)3-5-18-17(16)9-10-26(2)19(18)7-8-21(26)30/h4,6,11,17-20,22-25,28,31-32H,3,5,7-10,12H2,1-2H3,(H,27,29)/t17-,18+,19+,20+,22-,23+,24+,25+,26+/m0/s1. The van der Waals surface area contributed by atoms with Crippen molar-refractivity contribution in [3.63, 3.8) is 0 Å². The lowest BCUT2D eigenvalue weighted by molar-refractivity contribution is -0.244. The van der Waals surface area contributed by atoms with Crippen LogP contribution in [0.5, 0.6) is 5.75 Å². The lowest BCUT2D eigenvalue weighted by Gasteiger charge is -2.48. The molecule has 1 amide bonds. The summed E-state index contributed by atoms with van der Waals surface area (Å²) in [4.78, 5) is 24.2. The molecular formula is C26H35NO7. The van der Waals surface area contributed by atoms with Crippen LogP contribution in [0.1, 0.15) is 63.0 Å². The molecule has 0 unspecified atom stereocenters. The molecule has 8 heteroatoms. The zero-order chi connectivity index (χ0) is 24.2. The van der Waals surface area contributed by atoms with Crippen molar-refractivity contribution in [1.29, 1.82) is 0 Å². The number of hydrogen-bond donors (Lipinski definition) is 4. The summed E-state index contributed by atoms with van der Waals surface area (Å²) in [5.41, 5.74) is 2.41. The van der Waals surface area contributed by atoms with Crippen LogP contribution in [-0.4, -0.2) is 64.3 Å². The van der Waals surface area contributed by atoms with E-state index in [1.54, 1.807) is 0 Å². The Morgan fingerprint density at radius 3 is 2.74 bits per heavy atom. The van der Waals surface area contributed by atoms with Crippen LogP contribution in [0.4, 0.5) is 0 Å². The largest absolute Gasteiger partial charge is 0.463 e. The van der Waals surface area contributed by atoms with Gasteiger partial charge in [-0.3, -0.25) is 9.59 Å². The zero-order valence-corrected chi connectivity index (χ0v) is 19.8. The minimum absolute atomic E-state index is 0.145. The number of rotatable bonds is 4. The smallest absolute Gasteiger partial charge is 0.223 e. The molecule has 4 aliphatic rings. The topological polar surface area (TPSA) is 125 Å². The summed E-state index contributed by atoms with van der Waals surface area (Å²) in [5.74, 6) is 2.07. The second kappa shape index (κ2) is 8.90. The van der Waals surface area contributed by atoms with Crippen molar-refractivity contribution in [2.75, 3.05) is 6.61 Å². The highest BCUT2D eigenvalue weighted by molar-refractivity contribution is 5.87. The summed E-state index contributed by atoms with van der Waals surface area (Å²) in [6.45, 7) is 3.01. The molecule has 3 fully saturated rings. The van der Waals surface area contributed by atoms with Gasteiger partial charge in [-0.15, -0.1) is 0 Å². The lowest BCUT2D eigenvalue weighted by Crippen LogP contribution is -2.65. The first-order valence-electron chi connectivity index (χ1n) is 12.4. The van der Waals surface area contributed by atoms with Gasteiger partial charge in [0.2, 0.25) is 12.2 Å². The fourth-order valence-electron chi connectivity index (χ4n) is 7.11. The molecule has 186 valence electrons. The molecule has 3 aliphatic carbocycles. The third-order valence-electron chi connectivity index (χ3n) is 8.91. The van der Waals surface area contributed by atoms with Crippen LogP contribution >= 0.6 is 0 Å². The van der Waals surface area contributed by atoms with E-state index in [-0.39, 0.29) is 11.3 Å². The summed E-state index contributed by atoms with van der Waals surface area (Å²) in [6, 6.07) is 5.01. The van der Waals surface area contributed by atoms with Crippen LogP contribution in [0, 0.1) is 17.3 Å². The Morgan fingerprint density at radius 1 is 1.21 bits per heavy atom. The number of ketones is 1. The average molecular weight is 474 g/mol. The van der Waals surface area contributed by atoms with Gasteiger partial charge in [-0.05, 0) is 73.1 Å². The summed E-state index contributed by atoms with van der Waals surface area (Å²) >= 11 is 0. The van der Waals surface area contributed by atoms with Gasteiger partial charge in [-0.2, -0.15) is 0 Å². The molecule has 0 radical (unpaired) electrons. The third kappa shape index (κ3) is 3.85. The highest BCUT2D eigenvalue weighted by atomic mass is 16.7. The zero-order valence-electron chi connectivity index (χ0n) is 19.8. The van der Waals surface area contributed by atoms with Crippen LogP contribution in [0.3, 0.4) is 0 Å². The average Bonchev–Trinajstić information content (AvgIpc) is 3.12. The molecule has 34 heavy (non-hydrogen) atoms. The Balaban J connectivity index is 1.36. The van der Waals surface area contributed by atoms with Gasteiger partial charge < -0.3 is 30.1 Å². The number of aliphatic hydroxyl groups is 3. The van der Waals surface area contributed by atoms with E-state index in [2.05, 4.69) is 18.3 Å². The highest BCUT2D eigenvalue weighted by Crippen LogP contribution is 2.59. The molecule has 1 saturated heterocycles. The third-order valence-corrected chi connectivity index (χ3v) is 8.91. The van der Waals surface area contributed by atoms with Crippen molar-refractivity contribution in [2.45, 2.75) is 88.9 Å². The molecule has 0 bridgehead atoms. The van der Waals surface area contributed by atoms with Crippen molar-refractivity contribution in [2.24, 2.45) is 17.3 Å². The predicted octanol–water partition coefficient (Wildman–Crippen LogP) is 1.43. The Morgan fingerprint density at radius 2 is 2.00 bits per heavy atom. The SMILES string of the molecule is CC(=O)N[C@@H]1[C@H](Oc2ccc3c(c2)CC[C@H]2[C@H]4CCC(=O)[C@]4(C)CC[C@@H]32)O[C@H](CO)[C@@H](O)[C@@H]1O. The van der Waals surface area contributed by atoms with E-state index in [0.29, 0.717) is 29.3 Å². The number of ether oxygens (including phenoxy) is 2. The molecule has 0 spiro atoms. The lowest BCUT2D eigenvalue weighted by atomic mass is 9.55. The molecule has 9 atom stereocenters. The minimum Gasteiger partial charge on any atom is -0.463 e. The summed E-state index contributed by atoms with van der Waals surface area (Å²) in [5, 5.41) is 32.9. The van der Waals surface area contributed by atoms with E-state index < -0.39 is 37.3 Å². The second-order valence-electron chi connectivity index (χ2n) is 10.7. The van der Waals surface area contributed by atoms with Crippen LogP contribution in [0.2, 0.25) is 0 Å². The van der Waals surface area contributed by atoms with Crippen molar-refractivity contribution in [3.8, 4) is 5.75 Å². The minimum atomic E-state index is -1.35. The Kier molecular flexibility index (Phi) is 6.21. The van der Waals surface area contributed by atoms with Crippen molar-refractivity contribution >= 4 is 11.7 Å². The Labute approximate surface area is 199 Å². The number of hydrogen-bond acceptors (Lipinski definition) is 7. The fourth-order valence-corrected chi connectivity index (χ4v) is 7.11. The number of fused-ring (bicyclic) bond motifs is 5. The van der Waals surface area contributed by atoms with Gasteiger partial charge in [0.05, 0.1) is 6.61 Å². The Hall–Kier alpha value is -2.00. The number of carbonyl (C=O) groups is 2. The number of carbonyl (C=O) groups excluding carboxylic acids is 2. The fraction of sp³-hybridized carbons (Fsp3) is 0.692. The van der Waals surface area contributed by atoms with Crippen molar-refractivity contribution in [3.05, 3.63) is 29.3 Å². The maximum Gasteiger partial charge on any atom is 0.223 e. The molecule has 1 aromatic carbocycles. The van der Waals surface area contributed by atoms with Crippen molar-refractivity contribution in [1.82, 2.24) is 5.32 Å². The number of amides is 1. The highest BCUT2D eigenvalue weighted by Gasteiger charge is 2.54. The van der Waals surface area contributed by atoms with E-state index in [9.17, 15) is 24.9 Å². The monoisotopic (exact) mass is 473 g/mol. The van der Waals surface area contributed by atoms with E-state index in [4.69, 9.17) is 9.47 Å². The van der Waals surface area contributed by atoms with Gasteiger partial charge in [0, 0.05) is 18.8 Å². The van der Waals surface area contributed by atoms with Crippen LogP contribution in [0.15, 0.2) is 18.2 Å². The van der Waals surface area contributed by atoms with Gasteiger partial charge >= 0.3 is 0 Å². The molecule has 2 saturated carbocycles. The molecule has 8 nitrogen and oxygen atoms in total. The van der Waals surface area contributed by atoms with Crippen LogP contribution in [-0.2, 0) is 20.7 Å². The molecule has 1 heterocycles. The Bertz CT molecular complexity index is 966. The maximum atomic E-state index is 12.6. The molecule has 1 aliphatic heterocycles. The van der Waals surface area contributed by atoms with Gasteiger partial charge in [0.15, 0.2) is 0 Å². The molecule has 1 aromatic rings. The van der Waals surface area contributed by atoms with Gasteiger partial charge in [-0.25, -0.2) is 0 Å². The van der Waals surface area contributed by atoms with Gasteiger partial charge in [-0.1, -0.05) is 13.0 Å². The number of Topliss-reactive ketones (excluding diaryl/α,β-unsaturated/α-hetero) is 1. The van der Waals surface area contributed by atoms with E-state index in [1.807, 2.05) is 12.1 Å². The quantitative estimate of drug-likeness (QED) is 0.521. The van der Waals surface area contributed by atoms with Crippen molar-refractivity contribution < 1.29 is 34.4 Å². The van der Waals surface area contributed by atoms with Crippen LogP contribution < -0.4 is 10.1 Å².